The van der Waals surface area contributed by atoms with Crippen molar-refractivity contribution in [3.8, 4) is 5.69 Å². The zero-order valence-corrected chi connectivity index (χ0v) is 18.1. The predicted octanol–water partition coefficient (Wildman–Crippen LogP) is 4.76. The molecule has 2 amide bonds. The van der Waals surface area contributed by atoms with E-state index in [-0.39, 0.29) is 18.0 Å². The summed E-state index contributed by atoms with van der Waals surface area (Å²) < 4.78 is 15.1. The molecule has 2 N–H and O–H groups in total. The number of anilines is 1. The number of nitrogens with zero attached hydrogens (tertiary/aromatic N) is 2. The van der Waals surface area contributed by atoms with Gasteiger partial charge in [0.1, 0.15) is 5.82 Å². The third-order valence-electron chi connectivity index (χ3n) is 5.17. The number of nitrogens with one attached hydrogen (secondary N) is 2. The minimum absolute atomic E-state index is 0.219. The number of amides is 2. The Morgan fingerprint density at radius 1 is 0.939 bits per heavy atom. The van der Waals surface area contributed by atoms with Gasteiger partial charge in [-0.15, -0.1) is 0 Å². The summed E-state index contributed by atoms with van der Waals surface area (Å²) in [5.74, 6) is -1.10. The van der Waals surface area contributed by atoms with Gasteiger partial charge in [-0.1, -0.05) is 43.3 Å². The predicted molar refractivity (Wildman–Crippen MR) is 125 cm³/mol. The van der Waals surface area contributed by atoms with Crippen LogP contribution in [0.2, 0.25) is 0 Å². The Labute approximate surface area is 191 Å². The van der Waals surface area contributed by atoms with Gasteiger partial charge in [-0.05, 0) is 54.4 Å². The molecule has 1 heterocycles. The van der Waals surface area contributed by atoms with E-state index in [0.29, 0.717) is 17.7 Å². The fourth-order valence-electron chi connectivity index (χ4n) is 3.56. The van der Waals surface area contributed by atoms with Gasteiger partial charge in [0.2, 0.25) is 0 Å². The fourth-order valence-corrected chi connectivity index (χ4v) is 3.56. The molecular weight excluding hydrogens is 419 g/mol. The third-order valence-corrected chi connectivity index (χ3v) is 5.17. The van der Waals surface area contributed by atoms with Crippen molar-refractivity contribution in [1.82, 2.24) is 15.1 Å². The number of hydrogen-bond acceptors (Lipinski definition) is 3. The Morgan fingerprint density at radius 3 is 2.48 bits per heavy atom. The number of hydrogen-bond donors (Lipinski definition) is 2. The largest absolute Gasteiger partial charge is 0.348 e. The lowest BCUT2D eigenvalue weighted by atomic mass is 10.1. The van der Waals surface area contributed by atoms with Crippen molar-refractivity contribution in [3.63, 3.8) is 0 Å². The molecule has 4 aromatic rings. The first kappa shape index (κ1) is 22.0. The molecule has 0 atom stereocenters. The number of rotatable bonds is 7. The summed E-state index contributed by atoms with van der Waals surface area (Å²) in [4.78, 5) is 25.2. The number of halogens is 1. The molecule has 3 aromatic carbocycles. The van der Waals surface area contributed by atoms with Gasteiger partial charge in [0.05, 0.1) is 23.1 Å². The standard InChI is InChI=1S/C26H23FN4O2/c1-2-24-23(17-29-31(24)22-12-4-3-5-13-22)26(33)28-16-18-8-6-11-21(14-18)30-25(32)19-9-7-10-20(27)15-19/h3-15,17H,2,16H2,1H3,(H,28,33)(H,30,32). The highest BCUT2D eigenvalue weighted by Crippen LogP contribution is 2.17. The normalized spacial score (nSPS) is 10.6. The molecule has 33 heavy (non-hydrogen) atoms. The Balaban J connectivity index is 1.43. The lowest BCUT2D eigenvalue weighted by molar-refractivity contribution is 0.0949. The number of carbonyl (C=O) groups is 2. The van der Waals surface area contributed by atoms with E-state index in [0.717, 1.165) is 16.9 Å². The number of para-hydroxylation sites is 1. The van der Waals surface area contributed by atoms with Crippen LogP contribution in [0, 0.1) is 5.82 Å². The van der Waals surface area contributed by atoms with Crippen LogP contribution >= 0.6 is 0 Å². The van der Waals surface area contributed by atoms with Crippen LogP contribution in [0.3, 0.4) is 0 Å². The fraction of sp³-hybridized carbons (Fsp3) is 0.115. The van der Waals surface area contributed by atoms with Crippen LogP contribution in [0.1, 0.15) is 38.9 Å². The zero-order chi connectivity index (χ0) is 23.2. The summed E-state index contributed by atoms with van der Waals surface area (Å²) in [6.45, 7) is 2.26. The monoisotopic (exact) mass is 442 g/mol. The Hall–Kier alpha value is -4.26. The van der Waals surface area contributed by atoms with Crippen LogP contribution in [0.25, 0.3) is 5.69 Å². The maximum atomic E-state index is 13.4. The summed E-state index contributed by atoms with van der Waals surface area (Å²) in [5, 5.41) is 10.1. The minimum Gasteiger partial charge on any atom is -0.348 e. The maximum absolute atomic E-state index is 13.4. The van der Waals surface area contributed by atoms with E-state index in [9.17, 15) is 14.0 Å². The van der Waals surface area contributed by atoms with Crippen LogP contribution < -0.4 is 10.6 Å². The molecule has 7 heteroatoms. The molecule has 0 spiro atoms. The summed E-state index contributed by atoms with van der Waals surface area (Å²) in [7, 11) is 0. The van der Waals surface area contributed by atoms with Crippen molar-refractivity contribution in [2.45, 2.75) is 19.9 Å². The highest BCUT2D eigenvalue weighted by Gasteiger charge is 2.17. The quantitative estimate of drug-likeness (QED) is 0.433. The van der Waals surface area contributed by atoms with Crippen molar-refractivity contribution < 1.29 is 14.0 Å². The molecule has 1 aromatic heterocycles. The molecule has 0 aliphatic carbocycles. The number of benzene rings is 3. The van der Waals surface area contributed by atoms with E-state index in [2.05, 4.69) is 15.7 Å². The van der Waals surface area contributed by atoms with Gasteiger partial charge < -0.3 is 10.6 Å². The molecular formula is C26H23FN4O2. The van der Waals surface area contributed by atoms with Crippen LogP contribution in [0.15, 0.2) is 85.1 Å². The van der Waals surface area contributed by atoms with Gasteiger partial charge >= 0.3 is 0 Å². The molecule has 0 fully saturated rings. The van der Waals surface area contributed by atoms with Gasteiger partial charge in [-0.3, -0.25) is 9.59 Å². The first-order chi connectivity index (χ1) is 16.0. The Kier molecular flexibility index (Phi) is 6.59. The SMILES string of the molecule is CCc1c(C(=O)NCc2cccc(NC(=O)c3cccc(F)c3)c2)cnn1-c1ccccc1. The first-order valence-electron chi connectivity index (χ1n) is 10.6. The van der Waals surface area contributed by atoms with Crippen LogP contribution in [-0.2, 0) is 13.0 Å². The van der Waals surface area contributed by atoms with Crippen molar-refractivity contribution in [2.75, 3.05) is 5.32 Å². The smallest absolute Gasteiger partial charge is 0.255 e. The second-order valence-electron chi connectivity index (χ2n) is 7.45. The van der Waals surface area contributed by atoms with E-state index in [1.807, 2.05) is 43.3 Å². The molecule has 4 rings (SSSR count). The summed E-state index contributed by atoms with van der Waals surface area (Å²) in [5.41, 5.74) is 3.86. The van der Waals surface area contributed by atoms with E-state index in [4.69, 9.17) is 0 Å². The highest BCUT2D eigenvalue weighted by atomic mass is 19.1. The van der Waals surface area contributed by atoms with Crippen molar-refractivity contribution in [1.29, 1.82) is 0 Å². The number of aromatic nitrogens is 2. The van der Waals surface area contributed by atoms with Crippen LogP contribution in [0.4, 0.5) is 10.1 Å². The molecule has 0 saturated carbocycles. The first-order valence-corrected chi connectivity index (χ1v) is 10.6. The molecule has 166 valence electrons. The lowest BCUT2D eigenvalue weighted by Crippen LogP contribution is -2.24. The lowest BCUT2D eigenvalue weighted by Gasteiger charge is -2.10. The van der Waals surface area contributed by atoms with Crippen molar-refractivity contribution >= 4 is 17.5 Å². The Morgan fingerprint density at radius 2 is 1.73 bits per heavy atom. The van der Waals surface area contributed by atoms with E-state index < -0.39 is 11.7 Å². The van der Waals surface area contributed by atoms with Crippen molar-refractivity contribution in [2.24, 2.45) is 0 Å². The van der Waals surface area contributed by atoms with Gasteiger partial charge in [0.25, 0.3) is 11.8 Å². The summed E-state index contributed by atoms with van der Waals surface area (Å²) >= 11 is 0. The Bertz CT molecular complexity index is 1280. The third kappa shape index (κ3) is 5.15. The van der Waals surface area contributed by atoms with E-state index >= 15 is 0 Å². The molecule has 0 unspecified atom stereocenters. The summed E-state index contributed by atoms with van der Waals surface area (Å²) in [6, 6.07) is 22.3. The van der Waals surface area contributed by atoms with E-state index in [1.54, 1.807) is 35.1 Å². The van der Waals surface area contributed by atoms with Gasteiger partial charge in [0, 0.05) is 17.8 Å². The topological polar surface area (TPSA) is 76.0 Å². The van der Waals surface area contributed by atoms with Crippen LogP contribution in [-0.4, -0.2) is 21.6 Å². The summed E-state index contributed by atoms with van der Waals surface area (Å²) in [6.07, 6.45) is 2.23. The van der Waals surface area contributed by atoms with E-state index in [1.165, 1.54) is 18.2 Å². The average molecular weight is 442 g/mol. The second-order valence-corrected chi connectivity index (χ2v) is 7.45. The molecule has 0 aliphatic heterocycles. The molecule has 0 radical (unpaired) electrons. The van der Waals surface area contributed by atoms with Crippen LogP contribution in [0.5, 0.6) is 0 Å². The van der Waals surface area contributed by atoms with Crippen molar-refractivity contribution in [3.05, 3.63) is 113 Å². The highest BCUT2D eigenvalue weighted by molar-refractivity contribution is 6.04. The number of carbonyl (C=O) groups excluding carboxylic acids is 2. The average Bonchev–Trinajstić information content (AvgIpc) is 3.27. The molecule has 0 bridgehead atoms. The van der Waals surface area contributed by atoms with Gasteiger partial charge in [-0.25, -0.2) is 9.07 Å². The zero-order valence-electron chi connectivity index (χ0n) is 18.1. The minimum atomic E-state index is -0.471. The molecule has 0 saturated heterocycles. The van der Waals surface area contributed by atoms with Gasteiger partial charge in [-0.2, -0.15) is 5.10 Å². The van der Waals surface area contributed by atoms with Gasteiger partial charge in [0.15, 0.2) is 0 Å². The molecule has 0 aliphatic rings. The molecule has 6 nitrogen and oxygen atoms in total. The maximum Gasteiger partial charge on any atom is 0.255 e. The second kappa shape index (κ2) is 9.91.